The van der Waals surface area contributed by atoms with Gasteiger partial charge in [-0.15, -0.1) is 0 Å². The van der Waals surface area contributed by atoms with Gasteiger partial charge in [0.25, 0.3) is 0 Å². The summed E-state index contributed by atoms with van der Waals surface area (Å²) in [5, 5.41) is 3.48. The Morgan fingerprint density at radius 1 is 1.29 bits per heavy atom. The fourth-order valence-electron chi connectivity index (χ4n) is 3.38. The highest BCUT2D eigenvalue weighted by atomic mass is 32.2. The third-order valence-electron chi connectivity index (χ3n) is 4.32. The number of hydrogen-bond acceptors (Lipinski definition) is 3. The van der Waals surface area contributed by atoms with E-state index in [0.29, 0.717) is 11.3 Å². The van der Waals surface area contributed by atoms with Gasteiger partial charge in [-0.3, -0.25) is 0 Å². The van der Waals surface area contributed by atoms with Crippen LogP contribution >= 0.6 is 0 Å². The summed E-state index contributed by atoms with van der Waals surface area (Å²) < 4.78 is 23.0. The summed E-state index contributed by atoms with van der Waals surface area (Å²) in [6.07, 6.45) is 6.41. The number of nitrogens with one attached hydrogen (secondary N) is 1. The quantitative estimate of drug-likeness (QED) is 0.898. The molecule has 0 bridgehead atoms. The van der Waals surface area contributed by atoms with Gasteiger partial charge in [0.2, 0.25) is 0 Å². The first-order valence-corrected chi connectivity index (χ1v) is 9.81. The summed E-state index contributed by atoms with van der Waals surface area (Å²) in [4.78, 5) is 0. The highest BCUT2D eigenvalue weighted by molar-refractivity contribution is 7.89. The monoisotopic (exact) mass is 309 g/mol. The minimum absolute atomic E-state index is 0.104. The molecule has 0 saturated heterocycles. The summed E-state index contributed by atoms with van der Waals surface area (Å²) in [5.74, 6) is 0.784. The first-order valence-electron chi connectivity index (χ1n) is 7.75. The second kappa shape index (κ2) is 6.39. The Kier molecular flexibility index (Phi) is 4.97. The largest absolute Gasteiger partial charge is 0.385 e. The molecule has 1 saturated carbocycles. The standard InChI is InChI=1S/C17H27NO2S/c1-17(2)10-6-7-14(11-17)12-18-16-9-5-4-8-15(16)13-21(3,19)20/h4-5,8-9,14,18H,6-7,10-13H2,1-3H3. The molecule has 118 valence electrons. The van der Waals surface area contributed by atoms with E-state index in [9.17, 15) is 8.42 Å². The lowest BCUT2D eigenvalue weighted by Gasteiger charge is -2.35. The predicted octanol–water partition coefficient (Wildman–Crippen LogP) is 3.86. The summed E-state index contributed by atoms with van der Waals surface area (Å²) >= 11 is 0. The number of para-hydroxylation sites is 1. The zero-order valence-corrected chi connectivity index (χ0v) is 14.2. The first kappa shape index (κ1) is 16.3. The second-order valence-electron chi connectivity index (χ2n) is 7.23. The Morgan fingerprint density at radius 3 is 2.67 bits per heavy atom. The van der Waals surface area contributed by atoms with Crippen molar-refractivity contribution in [2.45, 2.75) is 45.3 Å². The van der Waals surface area contributed by atoms with Crippen LogP contribution in [0.2, 0.25) is 0 Å². The Morgan fingerprint density at radius 2 is 2.00 bits per heavy atom. The molecular formula is C17H27NO2S. The van der Waals surface area contributed by atoms with E-state index in [1.54, 1.807) is 0 Å². The molecule has 1 aromatic rings. The molecule has 1 aliphatic carbocycles. The SMILES string of the molecule is CC1(C)CCCC(CNc2ccccc2CS(C)(=O)=O)C1. The van der Waals surface area contributed by atoms with Crippen molar-refractivity contribution in [3.05, 3.63) is 29.8 Å². The number of sulfone groups is 1. The maximum atomic E-state index is 11.5. The van der Waals surface area contributed by atoms with Crippen LogP contribution < -0.4 is 5.32 Å². The van der Waals surface area contributed by atoms with Gasteiger partial charge >= 0.3 is 0 Å². The van der Waals surface area contributed by atoms with Crippen LogP contribution in [0.5, 0.6) is 0 Å². The van der Waals surface area contributed by atoms with Crippen LogP contribution in [0.4, 0.5) is 5.69 Å². The highest BCUT2D eigenvalue weighted by Gasteiger charge is 2.27. The summed E-state index contributed by atoms with van der Waals surface area (Å²) in [5.41, 5.74) is 2.28. The molecule has 1 unspecified atom stereocenters. The predicted molar refractivity (Wildman–Crippen MR) is 89.2 cm³/mol. The van der Waals surface area contributed by atoms with Crippen LogP contribution in [0.1, 0.15) is 45.1 Å². The lowest BCUT2D eigenvalue weighted by molar-refractivity contribution is 0.187. The van der Waals surface area contributed by atoms with Crippen molar-refractivity contribution < 1.29 is 8.42 Å². The summed E-state index contributed by atoms with van der Waals surface area (Å²) in [7, 11) is -3.00. The van der Waals surface area contributed by atoms with Gasteiger partial charge < -0.3 is 5.32 Å². The van der Waals surface area contributed by atoms with E-state index in [1.807, 2.05) is 24.3 Å². The van der Waals surface area contributed by atoms with Gasteiger partial charge in [0, 0.05) is 18.5 Å². The molecular weight excluding hydrogens is 282 g/mol. The molecule has 1 N–H and O–H groups in total. The van der Waals surface area contributed by atoms with Gasteiger partial charge in [0.15, 0.2) is 9.84 Å². The molecule has 1 fully saturated rings. The van der Waals surface area contributed by atoms with Crippen LogP contribution in [0.3, 0.4) is 0 Å². The Balaban J connectivity index is 2.00. The Bertz CT molecular complexity index is 578. The number of hydrogen-bond donors (Lipinski definition) is 1. The molecule has 1 aliphatic rings. The molecule has 3 nitrogen and oxygen atoms in total. The number of rotatable bonds is 5. The number of benzene rings is 1. The van der Waals surface area contributed by atoms with Crippen LogP contribution in [0.15, 0.2) is 24.3 Å². The highest BCUT2D eigenvalue weighted by Crippen LogP contribution is 2.38. The van der Waals surface area contributed by atoms with E-state index in [2.05, 4.69) is 19.2 Å². The van der Waals surface area contributed by atoms with E-state index in [4.69, 9.17) is 0 Å². The summed E-state index contributed by atoms with van der Waals surface area (Å²) in [6.45, 7) is 5.62. The molecule has 1 aromatic carbocycles. The third-order valence-corrected chi connectivity index (χ3v) is 5.16. The average molecular weight is 309 g/mol. The minimum atomic E-state index is -3.00. The average Bonchev–Trinajstić information content (AvgIpc) is 2.35. The van der Waals surface area contributed by atoms with Gasteiger partial charge in [-0.1, -0.05) is 38.5 Å². The fraction of sp³-hybridized carbons (Fsp3) is 0.647. The molecule has 0 radical (unpaired) electrons. The van der Waals surface area contributed by atoms with Crippen LogP contribution in [-0.4, -0.2) is 21.2 Å². The van der Waals surface area contributed by atoms with E-state index >= 15 is 0 Å². The van der Waals surface area contributed by atoms with Crippen molar-refractivity contribution in [3.63, 3.8) is 0 Å². The molecule has 4 heteroatoms. The Hall–Kier alpha value is -1.03. The molecule has 1 atom stereocenters. The molecule has 21 heavy (non-hydrogen) atoms. The van der Waals surface area contributed by atoms with E-state index < -0.39 is 9.84 Å². The van der Waals surface area contributed by atoms with Crippen molar-refractivity contribution in [2.24, 2.45) is 11.3 Å². The lowest BCUT2D eigenvalue weighted by atomic mass is 9.72. The van der Waals surface area contributed by atoms with Crippen molar-refractivity contribution in [3.8, 4) is 0 Å². The van der Waals surface area contributed by atoms with Crippen molar-refractivity contribution in [2.75, 3.05) is 18.1 Å². The van der Waals surface area contributed by atoms with E-state index in [-0.39, 0.29) is 5.75 Å². The topological polar surface area (TPSA) is 46.2 Å². The van der Waals surface area contributed by atoms with Crippen molar-refractivity contribution >= 4 is 15.5 Å². The van der Waals surface area contributed by atoms with Crippen LogP contribution in [0, 0.1) is 11.3 Å². The van der Waals surface area contributed by atoms with Gasteiger partial charge in [-0.05, 0) is 42.2 Å². The normalized spacial score (nSPS) is 22.0. The van der Waals surface area contributed by atoms with E-state index in [1.165, 1.54) is 31.9 Å². The second-order valence-corrected chi connectivity index (χ2v) is 9.37. The van der Waals surface area contributed by atoms with Crippen LogP contribution in [0.25, 0.3) is 0 Å². The maximum absolute atomic E-state index is 11.5. The Labute approximate surface area is 129 Å². The zero-order valence-electron chi connectivity index (χ0n) is 13.4. The number of anilines is 1. The fourth-order valence-corrected chi connectivity index (χ4v) is 4.20. The van der Waals surface area contributed by atoms with Gasteiger partial charge in [-0.25, -0.2) is 8.42 Å². The van der Waals surface area contributed by atoms with Crippen molar-refractivity contribution in [1.29, 1.82) is 0 Å². The maximum Gasteiger partial charge on any atom is 0.151 e. The molecule has 0 spiro atoms. The minimum Gasteiger partial charge on any atom is -0.385 e. The van der Waals surface area contributed by atoms with E-state index in [0.717, 1.165) is 17.8 Å². The van der Waals surface area contributed by atoms with Gasteiger partial charge in [0.05, 0.1) is 5.75 Å². The summed E-state index contributed by atoms with van der Waals surface area (Å²) in [6, 6.07) is 7.73. The molecule has 2 rings (SSSR count). The van der Waals surface area contributed by atoms with Crippen molar-refractivity contribution in [1.82, 2.24) is 0 Å². The molecule has 0 heterocycles. The first-order chi connectivity index (χ1) is 9.75. The van der Waals surface area contributed by atoms with Gasteiger partial charge in [-0.2, -0.15) is 0 Å². The molecule has 0 amide bonds. The lowest BCUT2D eigenvalue weighted by Crippen LogP contribution is -2.27. The smallest absolute Gasteiger partial charge is 0.151 e. The van der Waals surface area contributed by atoms with Gasteiger partial charge in [0.1, 0.15) is 0 Å². The molecule has 0 aliphatic heterocycles. The third kappa shape index (κ3) is 5.34. The molecule has 0 aromatic heterocycles. The zero-order chi connectivity index (χ0) is 15.5. The van der Waals surface area contributed by atoms with Crippen LogP contribution in [-0.2, 0) is 15.6 Å².